The van der Waals surface area contributed by atoms with Crippen LogP contribution in [0.3, 0.4) is 0 Å². The SMILES string of the molecule is C=CC=NC(C)(C)C. The summed E-state index contributed by atoms with van der Waals surface area (Å²) in [6, 6.07) is 0. The summed E-state index contributed by atoms with van der Waals surface area (Å²) in [6.07, 6.45) is 3.41. The summed E-state index contributed by atoms with van der Waals surface area (Å²) in [4.78, 5) is 4.13. The normalized spacial score (nSPS) is 12.4. The first-order valence-electron chi connectivity index (χ1n) is 2.72. The first-order valence-corrected chi connectivity index (χ1v) is 2.72. The Morgan fingerprint density at radius 2 is 1.88 bits per heavy atom. The molecule has 0 rings (SSSR count). The molecule has 0 saturated heterocycles. The number of hydrogen-bond donors (Lipinski definition) is 0. The first-order chi connectivity index (χ1) is 3.56. The minimum absolute atomic E-state index is 0.0498. The average molecular weight is 111 g/mol. The summed E-state index contributed by atoms with van der Waals surface area (Å²) in [7, 11) is 0. The van der Waals surface area contributed by atoms with Gasteiger partial charge in [-0.25, -0.2) is 0 Å². The first kappa shape index (κ1) is 7.41. The van der Waals surface area contributed by atoms with Gasteiger partial charge >= 0.3 is 0 Å². The van der Waals surface area contributed by atoms with Gasteiger partial charge in [-0.2, -0.15) is 0 Å². The highest BCUT2D eigenvalue weighted by molar-refractivity contribution is 5.70. The van der Waals surface area contributed by atoms with Gasteiger partial charge in [0.25, 0.3) is 0 Å². The molecule has 0 bridgehead atoms. The largest absolute Gasteiger partial charge is 0.287 e. The molecule has 8 heavy (non-hydrogen) atoms. The van der Waals surface area contributed by atoms with E-state index >= 15 is 0 Å². The minimum atomic E-state index is 0.0498. The lowest BCUT2D eigenvalue weighted by molar-refractivity contribution is 0.587. The molecule has 0 aromatic carbocycles. The molecule has 1 nitrogen and oxygen atoms in total. The molecule has 46 valence electrons. The molecular weight excluding hydrogens is 98.1 g/mol. The van der Waals surface area contributed by atoms with Gasteiger partial charge in [-0.3, -0.25) is 4.99 Å². The summed E-state index contributed by atoms with van der Waals surface area (Å²) in [5.41, 5.74) is 0.0498. The third-order valence-corrected chi connectivity index (χ3v) is 0.567. The zero-order chi connectivity index (χ0) is 6.62. The van der Waals surface area contributed by atoms with Gasteiger partial charge in [0.15, 0.2) is 0 Å². The van der Waals surface area contributed by atoms with E-state index in [1.807, 2.05) is 20.8 Å². The lowest BCUT2D eigenvalue weighted by Gasteiger charge is -2.09. The smallest absolute Gasteiger partial charge is 0.0524 e. The highest BCUT2D eigenvalue weighted by atomic mass is 14.8. The zero-order valence-corrected chi connectivity index (χ0v) is 5.81. The molecule has 0 amide bonds. The molecule has 0 saturated carbocycles. The Morgan fingerprint density at radius 3 is 2.00 bits per heavy atom. The van der Waals surface area contributed by atoms with Crippen LogP contribution >= 0.6 is 0 Å². The van der Waals surface area contributed by atoms with Crippen molar-refractivity contribution in [3.05, 3.63) is 12.7 Å². The van der Waals surface area contributed by atoms with Crippen LogP contribution in [0.4, 0.5) is 0 Å². The molecule has 0 aromatic rings. The molecule has 0 aliphatic rings. The summed E-state index contributed by atoms with van der Waals surface area (Å²) in [5.74, 6) is 0. The van der Waals surface area contributed by atoms with Crippen molar-refractivity contribution in [1.82, 2.24) is 0 Å². The van der Waals surface area contributed by atoms with E-state index in [9.17, 15) is 0 Å². The Balaban J connectivity index is 3.69. The molecule has 1 heteroatoms. The van der Waals surface area contributed by atoms with Crippen molar-refractivity contribution in [2.24, 2.45) is 4.99 Å². The summed E-state index contributed by atoms with van der Waals surface area (Å²) >= 11 is 0. The monoisotopic (exact) mass is 111 g/mol. The molecule has 0 heterocycles. The predicted octanol–water partition coefficient (Wildman–Crippen LogP) is 2.04. The maximum atomic E-state index is 4.13. The maximum absolute atomic E-state index is 4.13. The highest BCUT2D eigenvalue weighted by Gasteiger charge is 2.02. The van der Waals surface area contributed by atoms with Crippen LogP contribution in [-0.2, 0) is 0 Å². The Hall–Kier alpha value is -0.590. The van der Waals surface area contributed by atoms with Crippen LogP contribution in [0.2, 0.25) is 0 Å². The van der Waals surface area contributed by atoms with Crippen molar-refractivity contribution >= 4 is 6.21 Å². The minimum Gasteiger partial charge on any atom is -0.287 e. The van der Waals surface area contributed by atoms with E-state index in [0.29, 0.717) is 0 Å². The number of hydrogen-bond acceptors (Lipinski definition) is 1. The van der Waals surface area contributed by atoms with Crippen LogP contribution in [0.1, 0.15) is 20.8 Å². The number of aliphatic imine (C=N–C) groups is 1. The summed E-state index contributed by atoms with van der Waals surface area (Å²) in [6.45, 7) is 9.66. The number of rotatable bonds is 1. The third-order valence-electron chi connectivity index (χ3n) is 0.567. The van der Waals surface area contributed by atoms with E-state index in [0.717, 1.165) is 0 Å². The lowest BCUT2D eigenvalue weighted by Crippen LogP contribution is -2.08. The van der Waals surface area contributed by atoms with E-state index < -0.39 is 0 Å². The lowest BCUT2D eigenvalue weighted by atomic mass is 10.1. The van der Waals surface area contributed by atoms with Crippen LogP contribution in [0.15, 0.2) is 17.6 Å². The van der Waals surface area contributed by atoms with Gasteiger partial charge in [-0.1, -0.05) is 12.7 Å². The van der Waals surface area contributed by atoms with E-state index in [-0.39, 0.29) is 5.54 Å². The van der Waals surface area contributed by atoms with E-state index in [1.165, 1.54) is 0 Å². The fourth-order valence-corrected chi connectivity index (χ4v) is 0.276. The van der Waals surface area contributed by atoms with Crippen molar-refractivity contribution < 1.29 is 0 Å². The highest BCUT2D eigenvalue weighted by Crippen LogP contribution is 2.03. The standard InChI is InChI=1S/C7H13N/c1-5-6-8-7(2,3)4/h5-6H,1H2,2-4H3. The molecule has 0 unspecified atom stereocenters. The molecular formula is C7H13N. The summed E-state index contributed by atoms with van der Waals surface area (Å²) < 4.78 is 0. The molecule has 0 N–H and O–H groups in total. The van der Waals surface area contributed by atoms with Gasteiger partial charge in [0.2, 0.25) is 0 Å². The Morgan fingerprint density at radius 1 is 1.38 bits per heavy atom. The fraction of sp³-hybridized carbons (Fsp3) is 0.571. The van der Waals surface area contributed by atoms with E-state index in [1.54, 1.807) is 12.3 Å². The molecule has 0 radical (unpaired) electrons. The Labute approximate surface area is 51.1 Å². The van der Waals surface area contributed by atoms with E-state index in [4.69, 9.17) is 0 Å². The average Bonchev–Trinajstić information content (AvgIpc) is 1.59. The second kappa shape index (κ2) is 2.65. The van der Waals surface area contributed by atoms with Gasteiger partial charge in [0.05, 0.1) is 5.54 Å². The van der Waals surface area contributed by atoms with Gasteiger partial charge in [0.1, 0.15) is 0 Å². The van der Waals surface area contributed by atoms with Crippen molar-refractivity contribution in [1.29, 1.82) is 0 Å². The molecule has 0 aromatic heterocycles. The third kappa shape index (κ3) is 5.41. The van der Waals surface area contributed by atoms with Gasteiger partial charge in [0, 0.05) is 6.21 Å². The topological polar surface area (TPSA) is 12.4 Å². The molecule has 0 atom stereocenters. The van der Waals surface area contributed by atoms with Crippen LogP contribution in [0.5, 0.6) is 0 Å². The van der Waals surface area contributed by atoms with Crippen LogP contribution in [0, 0.1) is 0 Å². The van der Waals surface area contributed by atoms with E-state index in [2.05, 4.69) is 11.6 Å². The fourth-order valence-electron chi connectivity index (χ4n) is 0.276. The van der Waals surface area contributed by atoms with Gasteiger partial charge in [-0.05, 0) is 20.8 Å². The Kier molecular flexibility index (Phi) is 2.46. The van der Waals surface area contributed by atoms with Crippen molar-refractivity contribution in [2.75, 3.05) is 0 Å². The van der Waals surface area contributed by atoms with Gasteiger partial charge in [-0.15, -0.1) is 0 Å². The van der Waals surface area contributed by atoms with Crippen molar-refractivity contribution in [3.63, 3.8) is 0 Å². The summed E-state index contributed by atoms with van der Waals surface area (Å²) in [5, 5.41) is 0. The number of nitrogens with zero attached hydrogens (tertiary/aromatic N) is 1. The molecule has 0 aliphatic carbocycles. The molecule has 0 aliphatic heterocycles. The zero-order valence-electron chi connectivity index (χ0n) is 5.81. The predicted molar refractivity (Wildman–Crippen MR) is 38.4 cm³/mol. The van der Waals surface area contributed by atoms with Crippen LogP contribution in [-0.4, -0.2) is 11.8 Å². The molecule has 0 fully saturated rings. The van der Waals surface area contributed by atoms with Crippen molar-refractivity contribution in [3.8, 4) is 0 Å². The maximum Gasteiger partial charge on any atom is 0.0524 e. The van der Waals surface area contributed by atoms with Crippen LogP contribution in [0.25, 0.3) is 0 Å². The Bertz CT molecular complexity index is 95.4. The second-order valence-corrected chi connectivity index (χ2v) is 2.68. The van der Waals surface area contributed by atoms with Crippen molar-refractivity contribution in [2.45, 2.75) is 26.3 Å². The van der Waals surface area contributed by atoms with Crippen LogP contribution < -0.4 is 0 Å². The molecule has 0 spiro atoms. The van der Waals surface area contributed by atoms with Gasteiger partial charge < -0.3 is 0 Å². The quantitative estimate of drug-likeness (QED) is 0.459. The number of allylic oxidation sites excluding steroid dienone is 1. The second-order valence-electron chi connectivity index (χ2n) is 2.68.